The Balaban J connectivity index is 2.36. The Hall–Kier alpha value is -0.970. The summed E-state index contributed by atoms with van der Waals surface area (Å²) >= 11 is 2.29. The first-order valence-electron chi connectivity index (χ1n) is 7.55. The number of hydrogen-bond donors (Lipinski definition) is 0. The number of benzene rings is 1. The van der Waals surface area contributed by atoms with Crippen LogP contribution in [0.25, 0.3) is 0 Å². The Morgan fingerprint density at radius 1 is 0.905 bits per heavy atom. The summed E-state index contributed by atoms with van der Waals surface area (Å²) in [6, 6.07) is 6.03. The minimum atomic E-state index is 0.743. The van der Waals surface area contributed by atoms with E-state index in [0.717, 1.165) is 66.8 Å². The van der Waals surface area contributed by atoms with E-state index in [4.69, 9.17) is 9.47 Å². The molecule has 21 heavy (non-hydrogen) atoms. The fourth-order valence-electron chi connectivity index (χ4n) is 1.84. The highest BCUT2D eigenvalue weighted by Crippen LogP contribution is 2.26. The van der Waals surface area contributed by atoms with E-state index in [2.05, 4.69) is 35.7 Å². The van der Waals surface area contributed by atoms with E-state index >= 15 is 0 Å². The van der Waals surface area contributed by atoms with Gasteiger partial charge in [-0.05, 0) is 73.2 Å². The van der Waals surface area contributed by atoms with E-state index in [0.29, 0.717) is 0 Å². The summed E-state index contributed by atoms with van der Waals surface area (Å²) in [6.45, 7) is 8.93. The van der Waals surface area contributed by atoms with Crippen LogP contribution in [0.2, 0.25) is 0 Å². The van der Waals surface area contributed by atoms with Crippen molar-refractivity contribution in [3.05, 3.63) is 47.1 Å². The van der Waals surface area contributed by atoms with Gasteiger partial charge in [0.2, 0.25) is 0 Å². The molecule has 0 atom stereocenters. The van der Waals surface area contributed by atoms with Crippen molar-refractivity contribution < 1.29 is 9.47 Å². The van der Waals surface area contributed by atoms with Crippen LogP contribution in [-0.4, -0.2) is 13.2 Å². The zero-order valence-electron chi connectivity index (χ0n) is 12.7. The third-order valence-electron chi connectivity index (χ3n) is 3.03. The van der Waals surface area contributed by atoms with Crippen molar-refractivity contribution in [2.45, 2.75) is 38.5 Å². The third-order valence-corrected chi connectivity index (χ3v) is 3.93. The molecular weight excluding hydrogens is 375 g/mol. The molecule has 2 nitrogen and oxygen atoms in total. The molecule has 116 valence electrons. The molecule has 0 fully saturated rings. The van der Waals surface area contributed by atoms with Crippen LogP contribution in [0.4, 0.5) is 0 Å². The van der Waals surface area contributed by atoms with E-state index in [-0.39, 0.29) is 0 Å². The second-order valence-corrected chi connectivity index (χ2v) is 6.02. The van der Waals surface area contributed by atoms with Gasteiger partial charge < -0.3 is 9.47 Å². The molecule has 0 bridgehead atoms. The number of allylic oxidation sites excluding steroid dienone is 2. The highest BCUT2D eigenvalue weighted by atomic mass is 127. The third kappa shape index (κ3) is 8.15. The van der Waals surface area contributed by atoms with Crippen molar-refractivity contribution in [2.24, 2.45) is 0 Å². The maximum absolute atomic E-state index is 5.83. The van der Waals surface area contributed by atoms with Gasteiger partial charge in [0, 0.05) is 6.07 Å². The van der Waals surface area contributed by atoms with Crippen molar-refractivity contribution in [1.82, 2.24) is 0 Å². The Kier molecular flexibility index (Phi) is 10.0. The minimum absolute atomic E-state index is 0.743. The number of hydrogen-bond acceptors (Lipinski definition) is 2. The van der Waals surface area contributed by atoms with Gasteiger partial charge in [-0.25, -0.2) is 0 Å². The molecule has 0 aliphatic heterocycles. The molecule has 0 aliphatic rings. The van der Waals surface area contributed by atoms with Gasteiger partial charge in [0.25, 0.3) is 0 Å². The first kappa shape index (κ1) is 18.1. The van der Waals surface area contributed by atoms with Gasteiger partial charge in [0.1, 0.15) is 11.5 Å². The summed E-state index contributed by atoms with van der Waals surface area (Å²) < 4.78 is 12.7. The Morgan fingerprint density at radius 2 is 1.52 bits per heavy atom. The normalized spacial score (nSPS) is 10.1. The van der Waals surface area contributed by atoms with Gasteiger partial charge in [-0.1, -0.05) is 12.2 Å². The first-order valence-corrected chi connectivity index (χ1v) is 8.62. The second-order valence-electron chi connectivity index (χ2n) is 4.86. The van der Waals surface area contributed by atoms with Gasteiger partial charge in [0.15, 0.2) is 0 Å². The van der Waals surface area contributed by atoms with Crippen LogP contribution in [0.1, 0.15) is 38.5 Å². The van der Waals surface area contributed by atoms with Crippen LogP contribution in [0, 0.1) is 3.57 Å². The molecule has 0 heterocycles. The summed E-state index contributed by atoms with van der Waals surface area (Å²) in [5.74, 6) is 1.80. The fraction of sp³-hybridized carbons (Fsp3) is 0.444. The largest absolute Gasteiger partial charge is 0.493 e. The molecule has 0 radical (unpaired) electrons. The summed E-state index contributed by atoms with van der Waals surface area (Å²) in [6.07, 6.45) is 10.3. The molecule has 1 aromatic carbocycles. The average molecular weight is 400 g/mol. The number of unbranched alkanes of at least 4 members (excludes halogenated alkanes) is 4. The smallest absolute Gasteiger partial charge is 0.136 e. The summed E-state index contributed by atoms with van der Waals surface area (Å²) in [7, 11) is 0. The molecule has 0 aromatic heterocycles. The molecule has 0 saturated carbocycles. The van der Waals surface area contributed by atoms with Crippen molar-refractivity contribution in [3.8, 4) is 11.5 Å². The molecule has 1 rings (SSSR count). The van der Waals surface area contributed by atoms with Crippen LogP contribution >= 0.6 is 22.6 Å². The molecule has 0 aliphatic carbocycles. The van der Waals surface area contributed by atoms with Crippen LogP contribution in [0.5, 0.6) is 11.5 Å². The van der Waals surface area contributed by atoms with E-state index in [9.17, 15) is 0 Å². The van der Waals surface area contributed by atoms with Gasteiger partial charge in [-0.3, -0.25) is 0 Å². The molecule has 0 saturated heterocycles. The predicted molar refractivity (Wildman–Crippen MR) is 98.2 cm³/mol. The predicted octanol–water partition coefficient (Wildman–Crippen LogP) is 5.76. The number of halogens is 1. The SMILES string of the molecule is C=CCCCCOc1ccc(I)c(OCCCCC=C)c1. The summed E-state index contributed by atoms with van der Waals surface area (Å²) in [4.78, 5) is 0. The highest BCUT2D eigenvalue weighted by Gasteiger charge is 2.04. The Morgan fingerprint density at radius 3 is 2.14 bits per heavy atom. The van der Waals surface area contributed by atoms with Crippen LogP contribution in [0.3, 0.4) is 0 Å². The van der Waals surface area contributed by atoms with Crippen LogP contribution < -0.4 is 9.47 Å². The van der Waals surface area contributed by atoms with E-state index in [1.165, 1.54) is 0 Å². The van der Waals surface area contributed by atoms with E-state index in [1.54, 1.807) is 0 Å². The van der Waals surface area contributed by atoms with Gasteiger partial charge in [-0.15, -0.1) is 13.2 Å². The molecule has 0 unspecified atom stereocenters. The highest BCUT2D eigenvalue weighted by molar-refractivity contribution is 14.1. The topological polar surface area (TPSA) is 18.5 Å². The van der Waals surface area contributed by atoms with Crippen LogP contribution in [0.15, 0.2) is 43.5 Å². The van der Waals surface area contributed by atoms with Gasteiger partial charge >= 0.3 is 0 Å². The summed E-state index contributed by atoms with van der Waals surface area (Å²) in [5, 5.41) is 0. The standard InChI is InChI=1S/C18H25IO2/c1-3-5-7-9-13-20-16-11-12-17(19)18(15-16)21-14-10-8-6-4-2/h3-4,11-12,15H,1-2,5-10,13-14H2. The maximum atomic E-state index is 5.83. The molecule has 3 heteroatoms. The molecule has 0 spiro atoms. The van der Waals surface area contributed by atoms with Crippen molar-refractivity contribution in [2.75, 3.05) is 13.2 Å². The van der Waals surface area contributed by atoms with Crippen molar-refractivity contribution in [3.63, 3.8) is 0 Å². The average Bonchev–Trinajstić information content (AvgIpc) is 2.49. The lowest BCUT2D eigenvalue weighted by Gasteiger charge is -2.11. The Bertz CT molecular complexity index is 429. The van der Waals surface area contributed by atoms with E-state index in [1.807, 2.05) is 30.4 Å². The fourth-order valence-corrected chi connectivity index (χ4v) is 2.33. The van der Waals surface area contributed by atoms with E-state index < -0.39 is 0 Å². The van der Waals surface area contributed by atoms with Crippen molar-refractivity contribution >= 4 is 22.6 Å². The zero-order chi connectivity index (χ0) is 15.3. The van der Waals surface area contributed by atoms with Crippen LogP contribution in [-0.2, 0) is 0 Å². The Labute approximate surface area is 142 Å². The summed E-state index contributed by atoms with van der Waals surface area (Å²) in [5.41, 5.74) is 0. The lowest BCUT2D eigenvalue weighted by molar-refractivity contribution is 0.291. The monoisotopic (exact) mass is 400 g/mol. The number of ether oxygens (including phenoxy) is 2. The molecule has 0 amide bonds. The first-order chi connectivity index (χ1) is 10.3. The van der Waals surface area contributed by atoms with Gasteiger partial charge in [-0.2, -0.15) is 0 Å². The number of rotatable bonds is 12. The molecule has 1 aromatic rings. The van der Waals surface area contributed by atoms with Gasteiger partial charge in [0.05, 0.1) is 16.8 Å². The molecule has 0 N–H and O–H groups in total. The van der Waals surface area contributed by atoms with Crippen molar-refractivity contribution in [1.29, 1.82) is 0 Å². The maximum Gasteiger partial charge on any atom is 0.136 e. The minimum Gasteiger partial charge on any atom is -0.493 e. The zero-order valence-corrected chi connectivity index (χ0v) is 14.8. The quantitative estimate of drug-likeness (QED) is 0.252. The lowest BCUT2D eigenvalue weighted by Crippen LogP contribution is -2.01. The second kappa shape index (κ2) is 11.7. The molecular formula is C18H25IO2. The lowest BCUT2D eigenvalue weighted by atomic mass is 10.2.